The highest BCUT2D eigenvalue weighted by Gasteiger charge is 2.26. The van der Waals surface area contributed by atoms with E-state index in [2.05, 4.69) is 29.2 Å². The number of nitrogen functional groups attached to an aromatic ring is 1. The first-order chi connectivity index (χ1) is 9.10. The Hall–Kier alpha value is -1.40. The number of hydrazine groups is 1. The molecule has 1 saturated heterocycles. The van der Waals surface area contributed by atoms with E-state index in [1.165, 1.54) is 0 Å². The number of nitrogens with two attached hydrogens (primary N) is 1. The van der Waals surface area contributed by atoms with E-state index in [4.69, 9.17) is 15.3 Å². The molecule has 1 aromatic heterocycles. The summed E-state index contributed by atoms with van der Waals surface area (Å²) in [4.78, 5) is 8.62. The van der Waals surface area contributed by atoms with E-state index in [-0.39, 0.29) is 18.3 Å². The SMILES string of the molecule is CCc1nc(NN)cc(OC2CC(C)OC(C)C2)n1. The van der Waals surface area contributed by atoms with Crippen molar-refractivity contribution in [2.45, 2.75) is 58.3 Å². The van der Waals surface area contributed by atoms with Gasteiger partial charge < -0.3 is 14.9 Å². The maximum absolute atomic E-state index is 5.95. The number of hydrogen-bond acceptors (Lipinski definition) is 6. The second-order valence-electron chi connectivity index (χ2n) is 4.97. The monoisotopic (exact) mass is 266 g/mol. The Bertz CT molecular complexity index is 395. The van der Waals surface area contributed by atoms with Crippen LogP contribution in [0.1, 0.15) is 39.4 Å². The minimum Gasteiger partial charge on any atom is -0.474 e. The van der Waals surface area contributed by atoms with Gasteiger partial charge in [-0.25, -0.2) is 10.8 Å². The standard InChI is InChI=1S/C13H22N4O2/c1-4-11-15-12(17-14)7-13(16-11)19-10-5-8(2)18-9(3)6-10/h7-10H,4-6,14H2,1-3H3,(H,15,16,17). The molecule has 0 aromatic carbocycles. The summed E-state index contributed by atoms with van der Waals surface area (Å²) in [6.07, 6.45) is 3.06. The molecule has 2 atom stereocenters. The number of nitrogens with one attached hydrogen (secondary N) is 1. The van der Waals surface area contributed by atoms with Crippen molar-refractivity contribution in [1.29, 1.82) is 0 Å². The number of aromatic nitrogens is 2. The van der Waals surface area contributed by atoms with Crippen molar-refractivity contribution in [3.8, 4) is 5.88 Å². The first kappa shape index (κ1) is 14.0. The molecule has 19 heavy (non-hydrogen) atoms. The van der Waals surface area contributed by atoms with Crippen LogP contribution in [0.3, 0.4) is 0 Å². The molecular weight excluding hydrogens is 244 g/mol. The Balaban J connectivity index is 2.09. The summed E-state index contributed by atoms with van der Waals surface area (Å²) < 4.78 is 11.7. The number of rotatable bonds is 4. The Morgan fingerprint density at radius 3 is 2.63 bits per heavy atom. The van der Waals surface area contributed by atoms with E-state index in [9.17, 15) is 0 Å². The summed E-state index contributed by atoms with van der Waals surface area (Å²) >= 11 is 0. The predicted octanol–water partition coefficient (Wildman–Crippen LogP) is 1.66. The van der Waals surface area contributed by atoms with Crippen LogP contribution in [0.5, 0.6) is 5.88 Å². The zero-order chi connectivity index (χ0) is 13.8. The number of ether oxygens (including phenoxy) is 2. The topological polar surface area (TPSA) is 82.3 Å². The minimum atomic E-state index is 0.129. The van der Waals surface area contributed by atoms with Crippen molar-refractivity contribution in [2.75, 3.05) is 5.43 Å². The molecule has 2 unspecified atom stereocenters. The van der Waals surface area contributed by atoms with Crippen LogP contribution in [0.25, 0.3) is 0 Å². The molecule has 106 valence electrons. The number of nitrogens with zero attached hydrogens (tertiary/aromatic N) is 2. The van der Waals surface area contributed by atoms with Gasteiger partial charge in [0.05, 0.1) is 12.2 Å². The summed E-state index contributed by atoms with van der Waals surface area (Å²) in [5.74, 6) is 7.28. The van der Waals surface area contributed by atoms with E-state index in [1.54, 1.807) is 6.07 Å². The van der Waals surface area contributed by atoms with Crippen molar-refractivity contribution >= 4 is 5.82 Å². The zero-order valence-electron chi connectivity index (χ0n) is 11.7. The fourth-order valence-electron chi connectivity index (χ4n) is 2.38. The molecule has 0 aliphatic carbocycles. The summed E-state index contributed by atoms with van der Waals surface area (Å²) in [7, 11) is 0. The smallest absolute Gasteiger partial charge is 0.219 e. The first-order valence-corrected chi connectivity index (χ1v) is 6.77. The lowest BCUT2D eigenvalue weighted by Gasteiger charge is -2.32. The third kappa shape index (κ3) is 3.78. The molecule has 0 saturated carbocycles. The Morgan fingerprint density at radius 1 is 1.37 bits per heavy atom. The molecule has 0 amide bonds. The number of hydrogen-bond donors (Lipinski definition) is 2. The molecule has 6 nitrogen and oxygen atoms in total. The van der Waals surface area contributed by atoms with Gasteiger partial charge in [-0.2, -0.15) is 4.98 Å². The van der Waals surface area contributed by atoms with E-state index in [0.29, 0.717) is 11.7 Å². The van der Waals surface area contributed by atoms with Crippen LogP contribution in [-0.2, 0) is 11.2 Å². The van der Waals surface area contributed by atoms with Crippen molar-refractivity contribution in [3.05, 3.63) is 11.9 Å². The highest BCUT2D eigenvalue weighted by Crippen LogP contribution is 2.24. The summed E-state index contributed by atoms with van der Waals surface area (Å²) in [6.45, 7) is 6.13. The van der Waals surface area contributed by atoms with Crippen LogP contribution in [0.2, 0.25) is 0 Å². The van der Waals surface area contributed by atoms with Crippen molar-refractivity contribution in [1.82, 2.24) is 9.97 Å². The van der Waals surface area contributed by atoms with Crippen LogP contribution < -0.4 is 16.0 Å². The average molecular weight is 266 g/mol. The summed E-state index contributed by atoms with van der Waals surface area (Å²) in [5, 5.41) is 0. The maximum Gasteiger partial charge on any atom is 0.219 e. The van der Waals surface area contributed by atoms with Crippen molar-refractivity contribution in [3.63, 3.8) is 0 Å². The van der Waals surface area contributed by atoms with Gasteiger partial charge in [-0.3, -0.25) is 0 Å². The molecule has 1 aromatic rings. The normalized spacial score (nSPS) is 27.1. The van der Waals surface area contributed by atoms with Gasteiger partial charge in [-0.1, -0.05) is 6.92 Å². The second-order valence-corrected chi connectivity index (χ2v) is 4.97. The lowest BCUT2D eigenvalue weighted by Crippen LogP contribution is -2.36. The van der Waals surface area contributed by atoms with Gasteiger partial charge in [0.1, 0.15) is 17.7 Å². The molecule has 0 bridgehead atoms. The molecule has 2 heterocycles. The Kier molecular flexibility index (Phi) is 4.55. The molecule has 3 N–H and O–H groups in total. The quantitative estimate of drug-likeness (QED) is 0.637. The van der Waals surface area contributed by atoms with Crippen LogP contribution in [0.15, 0.2) is 6.07 Å². The van der Waals surface area contributed by atoms with E-state index in [1.807, 2.05) is 6.92 Å². The number of anilines is 1. The van der Waals surface area contributed by atoms with Crippen LogP contribution in [0.4, 0.5) is 5.82 Å². The predicted molar refractivity (Wildman–Crippen MR) is 72.9 cm³/mol. The lowest BCUT2D eigenvalue weighted by atomic mass is 10.0. The molecule has 0 spiro atoms. The highest BCUT2D eigenvalue weighted by molar-refractivity contribution is 5.37. The molecule has 1 fully saturated rings. The fraction of sp³-hybridized carbons (Fsp3) is 0.692. The van der Waals surface area contributed by atoms with Gasteiger partial charge in [-0.15, -0.1) is 0 Å². The third-order valence-corrected chi connectivity index (χ3v) is 3.15. The number of aryl methyl sites for hydroxylation is 1. The Labute approximate surface area is 113 Å². The van der Waals surface area contributed by atoms with Crippen LogP contribution in [0, 0.1) is 0 Å². The third-order valence-electron chi connectivity index (χ3n) is 3.15. The van der Waals surface area contributed by atoms with E-state index in [0.717, 1.165) is 25.1 Å². The van der Waals surface area contributed by atoms with Crippen molar-refractivity contribution in [2.24, 2.45) is 5.84 Å². The molecule has 1 aliphatic rings. The fourth-order valence-corrected chi connectivity index (χ4v) is 2.38. The van der Waals surface area contributed by atoms with Gasteiger partial charge in [0.25, 0.3) is 0 Å². The average Bonchev–Trinajstić information content (AvgIpc) is 2.37. The van der Waals surface area contributed by atoms with Crippen LogP contribution >= 0.6 is 0 Å². The largest absolute Gasteiger partial charge is 0.474 e. The van der Waals surface area contributed by atoms with E-state index < -0.39 is 0 Å². The van der Waals surface area contributed by atoms with Gasteiger partial charge in [0.15, 0.2) is 0 Å². The summed E-state index contributed by atoms with van der Waals surface area (Å²) in [5.41, 5.74) is 2.54. The zero-order valence-corrected chi connectivity index (χ0v) is 11.7. The second kappa shape index (κ2) is 6.16. The van der Waals surface area contributed by atoms with Crippen molar-refractivity contribution < 1.29 is 9.47 Å². The molecular formula is C13H22N4O2. The highest BCUT2D eigenvalue weighted by atomic mass is 16.5. The molecule has 0 radical (unpaired) electrons. The lowest BCUT2D eigenvalue weighted by molar-refractivity contribution is -0.0730. The Morgan fingerprint density at radius 2 is 2.05 bits per heavy atom. The van der Waals surface area contributed by atoms with Gasteiger partial charge in [-0.05, 0) is 13.8 Å². The molecule has 2 rings (SSSR count). The first-order valence-electron chi connectivity index (χ1n) is 6.77. The molecule has 6 heteroatoms. The minimum absolute atomic E-state index is 0.129. The van der Waals surface area contributed by atoms with Gasteiger partial charge in [0.2, 0.25) is 5.88 Å². The van der Waals surface area contributed by atoms with Gasteiger partial charge >= 0.3 is 0 Å². The molecule has 1 aliphatic heterocycles. The summed E-state index contributed by atoms with van der Waals surface area (Å²) in [6, 6.07) is 1.73. The van der Waals surface area contributed by atoms with Crippen LogP contribution in [-0.4, -0.2) is 28.3 Å². The van der Waals surface area contributed by atoms with Gasteiger partial charge in [0, 0.05) is 25.3 Å². The maximum atomic E-state index is 5.95. The van der Waals surface area contributed by atoms with E-state index >= 15 is 0 Å².